The Morgan fingerprint density at radius 3 is 2.53 bits per heavy atom. The average Bonchev–Trinajstić information content (AvgIpc) is 3.08. The van der Waals surface area contributed by atoms with Gasteiger partial charge in [-0.25, -0.2) is 8.42 Å². The van der Waals surface area contributed by atoms with Crippen molar-refractivity contribution in [1.29, 1.82) is 0 Å². The van der Waals surface area contributed by atoms with Crippen LogP contribution in [-0.2, 0) is 14.6 Å². The maximum absolute atomic E-state index is 13.7. The molecule has 1 aliphatic heterocycles. The minimum atomic E-state index is -4.25. The molecule has 162 valence electrons. The van der Waals surface area contributed by atoms with E-state index in [1.807, 2.05) is 0 Å². The highest BCUT2D eigenvalue weighted by atomic mass is 35.5. The fourth-order valence-electron chi connectivity index (χ4n) is 3.46. The molecule has 32 heavy (non-hydrogen) atoms. The third-order valence-electron chi connectivity index (χ3n) is 5.02. The zero-order chi connectivity index (χ0) is 22.8. The van der Waals surface area contributed by atoms with E-state index >= 15 is 0 Å². The van der Waals surface area contributed by atoms with Gasteiger partial charge in [0.1, 0.15) is 0 Å². The monoisotopic (exact) mass is 484 g/mol. The van der Waals surface area contributed by atoms with Gasteiger partial charge in [0.25, 0.3) is 11.1 Å². The van der Waals surface area contributed by atoms with Crippen LogP contribution in [0.2, 0.25) is 5.02 Å². The zero-order valence-corrected chi connectivity index (χ0v) is 19.1. The molecule has 1 N–H and O–H groups in total. The highest BCUT2D eigenvalue weighted by molar-refractivity contribution is 8.25. The van der Waals surface area contributed by atoms with Gasteiger partial charge in [-0.15, -0.1) is 0 Å². The third-order valence-corrected chi connectivity index (χ3v) is 9.36. The number of carbonyl (C=O) groups excluding carboxylic acids is 2. The van der Waals surface area contributed by atoms with E-state index in [1.54, 1.807) is 48.5 Å². The first-order chi connectivity index (χ1) is 15.3. The predicted octanol–water partition coefficient (Wildman–Crippen LogP) is 4.56. The number of halogens is 1. The minimum absolute atomic E-state index is 0.0594. The van der Waals surface area contributed by atoms with E-state index in [0.717, 1.165) is 5.56 Å². The first-order valence-corrected chi connectivity index (χ1v) is 12.4. The summed E-state index contributed by atoms with van der Waals surface area (Å²) in [7, 11) is -4.25. The SMILES string of the molecule is O=C1NC(=O)C(CCCC#Cc2ccc(Cl)cc2)(S(=O)(=O)c2cccc3cccnc23)S1. The molecule has 2 aromatic carbocycles. The number of unbranched alkanes of at least 4 members (excludes halogenated alkanes) is 1. The summed E-state index contributed by atoms with van der Waals surface area (Å²) >= 11 is 6.37. The number of pyridine rings is 1. The number of hydrogen-bond donors (Lipinski definition) is 1. The quantitative estimate of drug-likeness (QED) is 0.421. The summed E-state index contributed by atoms with van der Waals surface area (Å²) in [5, 5.41) is 2.70. The second-order valence-corrected chi connectivity index (χ2v) is 11.2. The Kier molecular flexibility index (Phi) is 6.24. The fraction of sp³-hybridized carbons (Fsp3) is 0.174. The van der Waals surface area contributed by atoms with Crippen LogP contribution in [0.3, 0.4) is 0 Å². The van der Waals surface area contributed by atoms with Gasteiger partial charge in [-0.2, -0.15) is 0 Å². The predicted molar refractivity (Wildman–Crippen MR) is 125 cm³/mol. The molecule has 1 unspecified atom stereocenters. The van der Waals surface area contributed by atoms with Gasteiger partial charge in [0.2, 0.25) is 13.9 Å². The van der Waals surface area contributed by atoms with Crippen LogP contribution in [0.1, 0.15) is 24.8 Å². The Balaban J connectivity index is 1.63. The Morgan fingerprint density at radius 2 is 1.81 bits per heavy atom. The number of nitrogens with one attached hydrogen (secondary N) is 1. The maximum Gasteiger partial charge on any atom is 0.287 e. The van der Waals surface area contributed by atoms with Crippen LogP contribution in [-0.4, -0.2) is 28.6 Å². The highest BCUT2D eigenvalue weighted by Gasteiger charge is 2.58. The summed E-state index contributed by atoms with van der Waals surface area (Å²) in [5.41, 5.74) is 1.05. The van der Waals surface area contributed by atoms with Gasteiger partial charge in [0.05, 0.1) is 10.4 Å². The van der Waals surface area contributed by atoms with E-state index in [4.69, 9.17) is 11.6 Å². The van der Waals surface area contributed by atoms with Crippen molar-refractivity contribution in [1.82, 2.24) is 10.3 Å². The molecule has 0 spiro atoms. The van der Waals surface area contributed by atoms with Gasteiger partial charge in [-0.05, 0) is 61.0 Å². The van der Waals surface area contributed by atoms with Crippen molar-refractivity contribution in [2.75, 3.05) is 0 Å². The van der Waals surface area contributed by atoms with Crippen LogP contribution in [0.5, 0.6) is 0 Å². The summed E-state index contributed by atoms with van der Waals surface area (Å²) in [6.45, 7) is 0. The molecule has 9 heteroatoms. The van der Waals surface area contributed by atoms with E-state index in [1.165, 1.54) is 12.3 Å². The average molecular weight is 485 g/mol. The van der Waals surface area contributed by atoms with Gasteiger partial charge >= 0.3 is 0 Å². The molecular formula is C23H17ClN2O4S2. The summed E-state index contributed by atoms with van der Waals surface area (Å²) in [5.74, 6) is 5.14. The molecule has 3 aromatic rings. The lowest BCUT2D eigenvalue weighted by atomic mass is 10.1. The smallest absolute Gasteiger partial charge is 0.285 e. The number of hydrogen-bond acceptors (Lipinski definition) is 6. The molecule has 2 amide bonds. The number of carbonyl (C=O) groups is 2. The summed E-state index contributed by atoms with van der Waals surface area (Å²) in [4.78, 5) is 28.9. The number of para-hydroxylation sites is 1. The molecule has 0 saturated carbocycles. The molecule has 6 nitrogen and oxygen atoms in total. The Bertz CT molecular complexity index is 1370. The molecule has 4 rings (SSSR count). The number of nitrogens with zero attached hydrogens (tertiary/aromatic N) is 1. The van der Waals surface area contributed by atoms with Crippen molar-refractivity contribution in [3.8, 4) is 11.8 Å². The van der Waals surface area contributed by atoms with Gasteiger partial charge in [0, 0.05) is 28.6 Å². The molecule has 0 aliphatic carbocycles. The Hall–Kier alpha value is -2.86. The zero-order valence-electron chi connectivity index (χ0n) is 16.7. The number of rotatable bonds is 5. The van der Waals surface area contributed by atoms with Gasteiger partial charge in [-0.3, -0.25) is 19.9 Å². The molecule has 1 aromatic heterocycles. The van der Waals surface area contributed by atoms with E-state index in [9.17, 15) is 18.0 Å². The van der Waals surface area contributed by atoms with Crippen molar-refractivity contribution in [2.24, 2.45) is 0 Å². The van der Waals surface area contributed by atoms with Gasteiger partial charge < -0.3 is 0 Å². The van der Waals surface area contributed by atoms with Crippen LogP contribution in [0.25, 0.3) is 10.9 Å². The van der Waals surface area contributed by atoms with Crippen LogP contribution < -0.4 is 5.32 Å². The second kappa shape index (κ2) is 8.94. The highest BCUT2D eigenvalue weighted by Crippen LogP contribution is 2.45. The molecule has 1 atom stereocenters. The lowest BCUT2D eigenvalue weighted by Crippen LogP contribution is -2.44. The first kappa shape index (κ1) is 22.3. The summed E-state index contributed by atoms with van der Waals surface area (Å²) in [6.07, 6.45) is 2.10. The number of aromatic nitrogens is 1. The molecule has 0 radical (unpaired) electrons. The molecule has 0 bridgehead atoms. The molecular weight excluding hydrogens is 468 g/mol. The number of fused-ring (bicyclic) bond motifs is 1. The Labute approximate surface area is 194 Å². The second-order valence-electron chi connectivity index (χ2n) is 7.09. The van der Waals surface area contributed by atoms with Crippen molar-refractivity contribution in [3.63, 3.8) is 0 Å². The minimum Gasteiger partial charge on any atom is -0.285 e. The first-order valence-electron chi connectivity index (χ1n) is 9.71. The fourth-order valence-corrected chi connectivity index (χ4v) is 7.10. The maximum atomic E-state index is 13.7. The topological polar surface area (TPSA) is 93.2 Å². The van der Waals surface area contributed by atoms with Crippen LogP contribution in [0.15, 0.2) is 65.7 Å². The van der Waals surface area contributed by atoms with Crippen molar-refractivity contribution in [2.45, 2.75) is 28.2 Å². The van der Waals surface area contributed by atoms with Gasteiger partial charge in [-0.1, -0.05) is 41.6 Å². The summed E-state index contributed by atoms with van der Waals surface area (Å²) in [6, 6.07) is 15.2. The van der Waals surface area contributed by atoms with Crippen LogP contribution in [0, 0.1) is 11.8 Å². The standard InChI is InChI=1S/C23H17ClN2O4S2/c24-18-12-10-16(11-13-18)6-2-1-3-14-23(21(27)26-22(28)31-23)32(29,30)19-9-4-7-17-8-5-15-25-20(17)19/h4-5,7-13,15H,1,3,14H2,(H,26,27,28). The Morgan fingerprint density at radius 1 is 1.06 bits per heavy atom. The normalized spacial score (nSPS) is 18.3. The number of imide groups is 1. The van der Waals surface area contributed by atoms with Gasteiger partial charge in [0.15, 0.2) is 0 Å². The van der Waals surface area contributed by atoms with E-state index in [0.29, 0.717) is 35.0 Å². The van der Waals surface area contributed by atoms with E-state index in [2.05, 4.69) is 22.1 Å². The van der Waals surface area contributed by atoms with Crippen molar-refractivity contribution < 1.29 is 18.0 Å². The van der Waals surface area contributed by atoms with Crippen molar-refractivity contribution in [3.05, 3.63) is 71.4 Å². The van der Waals surface area contributed by atoms with E-state index < -0.39 is 25.1 Å². The summed E-state index contributed by atoms with van der Waals surface area (Å²) < 4.78 is 25.5. The number of sulfone groups is 1. The van der Waals surface area contributed by atoms with Crippen LogP contribution >= 0.6 is 23.4 Å². The number of thioether (sulfide) groups is 1. The largest absolute Gasteiger partial charge is 0.287 e. The van der Waals surface area contributed by atoms with Crippen molar-refractivity contribution >= 4 is 55.2 Å². The molecule has 2 heterocycles. The lowest BCUT2D eigenvalue weighted by molar-refractivity contribution is -0.120. The third kappa shape index (κ3) is 4.11. The van der Waals surface area contributed by atoms with E-state index in [-0.39, 0.29) is 16.8 Å². The molecule has 1 fully saturated rings. The van der Waals surface area contributed by atoms with Crippen LogP contribution in [0.4, 0.5) is 4.79 Å². The number of amides is 2. The number of benzene rings is 2. The lowest BCUT2D eigenvalue weighted by Gasteiger charge is -2.24. The molecule has 1 saturated heterocycles. The molecule has 1 aliphatic rings.